The first kappa shape index (κ1) is 24.9. The molecule has 0 saturated carbocycles. The number of aliphatic imine (C=N–C) groups is 1. The van der Waals surface area contributed by atoms with Gasteiger partial charge in [0.25, 0.3) is 0 Å². The number of nitrogens with zero attached hydrogens (tertiary/aromatic N) is 3. The molecule has 2 aliphatic heterocycles. The van der Waals surface area contributed by atoms with Gasteiger partial charge in [-0.15, -0.1) is 24.0 Å². The van der Waals surface area contributed by atoms with Crippen molar-refractivity contribution in [3.05, 3.63) is 34.9 Å². The minimum Gasteiger partial charge on any atom is -0.370 e. The zero-order chi connectivity index (χ0) is 20.8. The van der Waals surface area contributed by atoms with Gasteiger partial charge in [0.1, 0.15) is 6.10 Å². The fourth-order valence-corrected chi connectivity index (χ4v) is 4.40. The molecule has 0 aromatic heterocycles. The number of guanidine groups is 1. The standard InChI is InChI=1S/C23H36N4O2.HI/c1-17-7-8-20(19(3)14-17)21-16-27(12-13-29-21)23(24-4)25-10-9-22(28)26-11-5-6-18(2)15-26;/h7-8,14,18,21H,5-6,9-13,15-16H2,1-4H3,(H,24,25);1H. The van der Waals surface area contributed by atoms with Crippen LogP contribution in [0.4, 0.5) is 0 Å². The van der Waals surface area contributed by atoms with Gasteiger partial charge in [-0.1, -0.05) is 30.7 Å². The number of benzene rings is 1. The molecule has 168 valence electrons. The van der Waals surface area contributed by atoms with Crippen LogP contribution in [0.2, 0.25) is 0 Å². The number of nitrogens with one attached hydrogen (secondary N) is 1. The van der Waals surface area contributed by atoms with E-state index in [0.717, 1.165) is 38.6 Å². The van der Waals surface area contributed by atoms with E-state index in [4.69, 9.17) is 4.74 Å². The lowest BCUT2D eigenvalue weighted by atomic mass is 10.00. The summed E-state index contributed by atoms with van der Waals surface area (Å²) < 4.78 is 6.06. The Labute approximate surface area is 198 Å². The summed E-state index contributed by atoms with van der Waals surface area (Å²) in [6, 6.07) is 6.52. The van der Waals surface area contributed by atoms with Crippen LogP contribution in [-0.4, -0.2) is 68.0 Å². The molecular weight excluding hydrogens is 491 g/mol. The summed E-state index contributed by atoms with van der Waals surface area (Å²) in [5, 5.41) is 3.39. The van der Waals surface area contributed by atoms with Crippen LogP contribution in [0, 0.1) is 19.8 Å². The molecule has 0 bridgehead atoms. The summed E-state index contributed by atoms with van der Waals surface area (Å²) in [5.74, 6) is 1.71. The highest BCUT2D eigenvalue weighted by Gasteiger charge is 2.26. The summed E-state index contributed by atoms with van der Waals surface area (Å²) in [4.78, 5) is 21.2. The van der Waals surface area contributed by atoms with Crippen LogP contribution >= 0.6 is 24.0 Å². The third-order valence-corrected chi connectivity index (χ3v) is 5.98. The lowest BCUT2D eigenvalue weighted by Gasteiger charge is -2.36. The Morgan fingerprint density at radius 1 is 1.23 bits per heavy atom. The van der Waals surface area contributed by atoms with E-state index in [0.29, 0.717) is 25.5 Å². The Hall–Kier alpha value is -1.35. The molecule has 2 heterocycles. The van der Waals surface area contributed by atoms with Gasteiger partial charge in [-0.2, -0.15) is 0 Å². The minimum absolute atomic E-state index is 0. The molecule has 0 spiro atoms. The highest BCUT2D eigenvalue weighted by molar-refractivity contribution is 14.0. The predicted molar refractivity (Wildman–Crippen MR) is 133 cm³/mol. The maximum atomic E-state index is 12.5. The number of piperidine rings is 1. The number of amides is 1. The van der Waals surface area contributed by atoms with E-state index in [1.54, 1.807) is 7.05 Å². The Balaban J connectivity index is 0.00000320. The van der Waals surface area contributed by atoms with Crippen LogP contribution < -0.4 is 5.32 Å². The Morgan fingerprint density at radius 3 is 2.73 bits per heavy atom. The van der Waals surface area contributed by atoms with Crippen LogP contribution in [-0.2, 0) is 9.53 Å². The molecule has 0 radical (unpaired) electrons. The van der Waals surface area contributed by atoms with Gasteiger partial charge in [0.05, 0.1) is 13.2 Å². The second kappa shape index (κ2) is 11.9. The molecule has 2 fully saturated rings. The van der Waals surface area contributed by atoms with Gasteiger partial charge < -0.3 is 19.9 Å². The zero-order valence-electron chi connectivity index (χ0n) is 18.8. The average molecular weight is 528 g/mol. The van der Waals surface area contributed by atoms with Crippen molar-refractivity contribution in [2.75, 3.05) is 46.4 Å². The number of carbonyl (C=O) groups is 1. The van der Waals surface area contributed by atoms with E-state index in [-0.39, 0.29) is 36.0 Å². The maximum absolute atomic E-state index is 12.5. The van der Waals surface area contributed by atoms with Gasteiger partial charge in [0.2, 0.25) is 5.91 Å². The predicted octanol–water partition coefficient (Wildman–Crippen LogP) is 3.52. The van der Waals surface area contributed by atoms with E-state index in [1.165, 1.54) is 23.1 Å². The van der Waals surface area contributed by atoms with Crippen LogP contribution in [0.1, 0.15) is 49.0 Å². The van der Waals surface area contributed by atoms with Gasteiger partial charge in [-0.25, -0.2) is 0 Å². The molecule has 30 heavy (non-hydrogen) atoms. The van der Waals surface area contributed by atoms with Gasteiger partial charge in [-0.3, -0.25) is 9.79 Å². The van der Waals surface area contributed by atoms with E-state index < -0.39 is 0 Å². The van der Waals surface area contributed by atoms with E-state index in [2.05, 4.69) is 54.2 Å². The van der Waals surface area contributed by atoms with Gasteiger partial charge in [0, 0.05) is 39.6 Å². The van der Waals surface area contributed by atoms with Crippen molar-refractivity contribution < 1.29 is 9.53 Å². The first-order chi connectivity index (χ1) is 14.0. The van der Waals surface area contributed by atoms with Gasteiger partial charge in [0.15, 0.2) is 5.96 Å². The second-order valence-corrected chi connectivity index (χ2v) is 8.48. The summed E-state index contributed by atoms with van der Waals surface area (Å²) in [7, 11) is 1.80. The first-order valence-electron chi connectivity index (χ1n) is 10.9. The third kappa shape index (κ3) is 6.57. The van der Waals surface area contributed by atoms with E-state index in [9.17, 15) is 4.79 Å². The smallest absolute Gasteiger partial charge is 0.224 e. The monoisotopic (exact) mass is 528 g/mol. The van der Waals surface area contributed by atoms with Crippen molar-refractivity contribution in [1.29, 1.82) is 0 Å². The number of rotatable bonds is 4. The molecule has 2 aliphatic rings. The van der Waals surface area contributed by atoms with Crippen molar-refractivity contribution in [3.63, 3.8) is 0 Å². The van der Waals surface area contributed by atoms with E-state index >= 15 is 0 Å². The Bertz CT molecular complexity index is 740. The lowest BCUT2D eigenvalue weighted by Crippen LogP contribution is -2.49. The third-order valence-electron chi connectivity index (χ3n) is 5.98. The van der Waals surface area contributed by atoms with Gasteiger partial charge in [-0.05, 0) is 43.7 Å². The summed E-state index contributed by atoms with van der Waals surface area (Å²) in [6.45, 7) is 11.1. The van der Waals surface area contributed by atoms with Crippen LogP contribution in [0.15, 0.2) is 23.2 Å². The topological polar surface area (TPSA) is 57.2 Å². The lowest BCUT2D eigenvalue weighted by molar-refractivity contribution is -0.132. The van der Waals surface area contributed by atoms with Crippen molar-refractivity contribution in [2.24, 2.45) is 10.9 Å². The second-order valence-electron chi connectivity index (χ2n) is 8.48. The number of carbonyl (C=O) groups excluding carboxylic acids is 1. The number of hydrogen-bond donors (Lipinski definition) is 1. The largest absolute Gasteiger partial charge is 0.370 e. The number of aryl methyl sites for hydroxylation is 2. The number of hydrogen-bond acceptors (Lipinski definition) is 3. The summed E-state index contributed by atoms with van der Waals surface area (Å²) in [6.07, 6.45) is 2.90. The van der Waals surface area contributed by atoms with Crippen LogP contribution in [0.5, 0.6) is 0 Å². The van der Waals surface area contributed by atoms with E-state index in [1.807, 2.05) is 4.90 Å². The van der Waals surface area contributed by atoms with Crippen molar-refractivity contribution in [3.8, 4) is 0 Å². The molecule has 1 amide bonds. The molecule has 0 aliphatic carbocycles. The number of ether oxygens (including phenoxy) is 1. The number of morpholine rings is 1. The van der Waals surface area contributed by atoms with Gasteiger partial charge >= 0.3 is 0 Å². The molecule has 1 aromatic rings. The van der Waals surface area contributed by atoms with Crippen LogP contribution in [0.25, 0.3) is 0 Å². The zero-order valence-corrected chi connectivity index (χ0v) is 21.1. The highest BCUT2D eigenvalue weighted by Crippen LogP contribution is 2.26. The van der Waals surface area contributed by atoms with Crippen LogP contribution in [0.3, 0.4) is 0 Å². The highest BCUT2D eigenvalue weighted by atomic mass is 127. The number of likely N-dealkylation sites (tertiary alicyclic amines) is 1. The fourth-order valence-electron chi connectivity index (χ4n) is 4.40. The van der Waals surface area contributed by atoms with Crippen molar-refractivity contribution in [1.82, 2.24) is 15.1 Å². The fraction of sp³-hybridized carbons (Fsp3) is 0.652. The first-order valence-corrected chi connectivity index (χ1v) is 10.9. The minimum atomic E-state index is 0. The Kier molecular flexibility index (Phi) is 9.87. The van der Waals surface area contributed by atoms with Crippen molar-refractivity contribution in [2.45, 2.75) is 46.1 Å². The molecule has 7 heteroatoms. The maximum Gasteiger partial charge on any atom is 0.224 e. The molecule has 2 atom stereocenters. The summed E-state index contributed by atoms with van der Waals surface area (Å²) >= 11 is 0. The molecular formula is C23H37IN4O2. The number of halogens is 1. The molecule has 1 N–H and O–H groups in total. The average Bonchev–Trinajstić information content (AvgIpc) is 2.71. The SMILES string of the molecule is CN=C(NCCC(=O)N1CCCC(C)C1)N1CCOC(c2ccc(C)cc2C)C1.I. The molecule has 6 nitrogen and oxygen atoms in total. The molecule has 1 aromatic carbocycles. The quantitative estimate of drug-likeness (QED) is 0.369. The van der Waals surface area contributed by atoms with Crippen molar-refractivity contribution >= 4 is 35.8 Å². The Morgan fingerprint density at radius 2 is 2.03 bits per heavy atom. The molecule has 2 unspecified atom stereocenters. The molecule has 2 saturated heterocycles. The normalized spacial score (nSPS) is 22.5. The summed E-state index contributed by atoms with van der Waals surface area (Å²) in [5.41, 5.74) is 3.77. The molecule has 3 rings (SSSR count).